The first-order valence-corrected chi connectivity index (χ1v) is 5.36. The number of hydrogen-bond donors (Lipinski definition) is 0. The molecular weight excluding hydrogens is 156 g/mol. The highest BCUT2D eigenvalue weighted by Gasteiger charge is 2.30. The van der Waals surface area contributed by atoms with Crippen LogP contribution in [0.3, 0.4) is 0 Å². The zero-order chi connectivity index (χ0) is 8.32. The molecule has 0 bridgehead atoms. The quantitative estimate of drug-likeness (QED) is 0.636. The maximum Gasteiger partial charge on any atom is 0.111 e. The summed E-state index contributed by atoms with van der Waals surface area (Å²) in [4.78, 5) is 0.117. The first-order valence-electron chi connectivity index (χ1n) is 4.48. The van der Waals surface area contributed by atoms with Gasteiger partial charge >= 0.3 is 0 Å². The molecule has 0 N–H and O–H groups in total. The Morgan fingerprint density at radius 1 is 1.64 bits per heavy atom. The lowest BCUT2D eigenvalue weighted by Crippen LogP contribution is -2.32. The summed E-state index contributed by atoms with van der Waals surface area (Å²) in [6.07, 6.45) is 3.61. The van der Waals surface area contributed by atoms with Crippen LogP contribution in [0.5, 0.6) is 0 Å². The van der Waals surface area contributed by atoms with Crippen molar-refractivity contribution in [1.82, 2.24) is 0 Å². The molecule has 0 saturated carbocycles. The van der Waals surface area contributed by atoms with Crippen molar-refractivity contribution in [2.75, 3.05) is 6.61 Å². The van der Waals surface area contributed by atoms with Gasteiger partial charge < -0.3 is 4.74 Å². The van der Waals surface area contributed by atoms with Crippen molar-refractivity contribution in [1.29, 1.82) is 0 Å². The van der Waals surface area contributed by atoms with Crippen LogP contribution in [0, 0.1) is 0 Å². The Bertz CT molecular complexity index is 123. The Labute approximate surface area is 73.9 Å². The van der Waals surface area contributed by atoms with Crippen molar-refractivity contribution in [3.63, 3.8) is 0 Å². The predicted octanol–water partition coefficient (Wildman–Crippen LogP) is 3.04. The second-order valence-electron chi connectivity index (χ2n) is 3.45. The van der Waals surface area contributed by atoms with Gasteiger partial charge in [-0.3, -0.25) is 0 Å². The topological polar surface area (TPSA) is 9.23 Å². The van der Waals surface area contributed by atoms with Crippen molar-refractivity contribution >= 4 is 11.8 Å². The van der Waals surface area contributed by atoms with E-state index in [2.05, 4.69) is 20.8 Å². The molecule has 66 valence electrons. The van der Waals surface area contributed by atoms with Crippen LogP contribution in [0.15, 0.2) is 0 Å². The van der Waals surface area contributed by atoms with Gasteiger partial charge in [0.2, 0.25) is 0 Å². The van der Waals surface area contributed by atoms with E-state index in [9.17, 15) is 0 Å². The maximum atomic E-state index is 5.74. The van der Waals surface area contributed by atoms with Gasteiger partial charge in [0.15, 0.2) is 0 Å². The van der Waals surface area contributed by atoms with E-state index in [1.54, 1.807) is 0 Å². The van der Waals surface area contributed by atoms with E-state index in [1.807, 2.05) is 11.8 Å². The number of thioether (sulfide) groups is 1. The SMILES string of the molecule is CCCC1(C)OCCC(C)S1. The van der Waals surface area contributed by atoms with Crippen molar-refractivity contribution in [2.24, 2.45) is 0 Å². The lowest BCUT2D eigenvalue weighted by Gasteiger charge is -2.36. The fraction of sp³-hybridized carbons (Fsp3) is 1.00. The smallest absolute Gasteiger partial charge is 0.111 e. The number of rotatable bonds is 2. The lowest BCUT2D eigenvalue weighted by atomic mass is 10.2. The van der Waals surface area contributed by atoms with Gasteiger partial charge in [0.05, 0.1) is 0 Å². The summed E-state index contributed by atoms with van der Waals surface area (Å²) in [5.74, 6) is 0. The molecule has 1 aliphatic rings. The maximum absolute atomic E-state index is 5.74. The van der Waals surface area contributed by atoms with E-state index >= 15 is 0 Å². The van der Waals surface area contributed by atoms with E-state index in [-0.39, 0.29) is 4.93 Å². The molecule has 0 radical (unpaired) electrons. The van der Waals surface area contributed by atoms with Gasteiger partial charge in [-0.15, -0.1) is 11.8 Å². The molecule has 1 saturated heterocycles. The van der Waals surface area contributed by atoms with Gasteiger partial charge in [-0.05, 0) is 19.8 Å². The normalized spacial score (nSPS) is 39.0. The molecule has 0 aromatic heterocycles. The average Bonchev–Trinajstić information content (AvgIpc) is 1.86. The van der Waals surface area contributed by atoms with Crippen LogP contribution in [-0.4, -0.2) is 16.8 Å². The van der Waals surface area contributed by atoms with Crippen LogP contribution < -0.4 is 0 Å². The molecule has 0 spiro atoms. The van der Waals surface area contributed by atoms with Crippen molar-refractivity contribution in [3.8, 4) is 0 Å². The highest BCUT2D eigenvalue weighted by Crippen LogP contribution is 2.39. The number of ether oxygens (including phenoxy) is 1. The van der Waals surface area contributed by atoms with Crippen LogP contribution in [0.2, 0.25) is 0 Å². The molecule has 1 fully saturated rings. The second-order valence-corrected chi connectivity index (χ2v) is 5.35. The van der Waals surface area contributed by atoms with E-state index in [0.717, 1.165) is 11.9 Å². The highest BCUT2D eigenvalue weighted by atomic mass is 32.2. The molecule has 1 rings (SSSR count). The summed E-state index contributed by atoms with van der Waals surface area (Å²) in [7, 11) is 0. The van der Waals surface area contributed by atoms with Crippen molar-refractivity contribution < 1.29 is 4.74 Å². The summed E-state index contributed by atoms with van der Waals surface area (Å²) < 4.78 is 5.74. The van der Waals surface area contributed by atoms with Gasteiger partial charge in [-0.1, -0.05) is 20.3 Å². The van der Waals surface area contributed by atoms with Gasteiger partial charge in [0.25, 0.3) is 0 Å². The third-order valence-corrected chi connectivity index (χ3v) is 3.55. The summed E-state index contributed by atoms with van der Waals surface area (Å²) in [5.41, 5.74) is 0. The van der Waals surface area contributed by atoms with Crippen molar-refractivity contribution in [2.45, 2.75) is 50.2 Å². The van der Waals surface area contributed by atoms with Crippen LogP contribution in [0.1, 0.15) is 40.0 Å². The second kappa shape index (κ2) is 3.81. The number of hydrogen-bond acceptors (Lipinski definition) is 2. The standard InChI is InChI=1S/C9H18OS/c1-4-6-9(3)10-7-5-8(2)11-9/h8H,4-7H2,1-3H3. The Hall–Kier alpha value is 0.310. The average molecular weight is 174 g/mol. The Morgan fingerprint density at radius 2 is 2.36 bits per heavy atom. The summed E-state index contributed by atoms with van der Waals surface area (Å²) >= 11 is 1.99. The summed E-state index contributed by atoms with van der Waals surface area (Å²) in [5, 5.41) is 0.778. The molecular formula is C9H18OS. The predicted molar refractivity (Wildman–Crippen MR) is 50.9 cm³/mol. The minimum absolute atomic E-state index is 0.117. The van der Waals surface area contributed by atoms with Crippen LogP contribution in [-0.2, 0) is 4.74 Å². The molecule has 0 aromatic carbocycles. The molecule has 1 nitrogen and oxygen atoms in total. The third-order valence-electron chi connectivity index (χ3n) is 2.09. The largest absolute Gasteiger partial charge is 0.365 e. The lowest BCUT2D eigenvalue weighted by molar-refractivity contribution is 0.0222. The monoisotopic (exact) mass is 174 g/mol. The van der Waals surface area contributed by atoms with Crippen LogP contribution in [0.4, 0.5) is 0 Å². The van der Waals surface area contributed by atoms with E-state index in [0.29, 0.717) is 0 Å². The zero-order valence-corrected chi connectivity index (χ0v) is 8.54. The molecule has 0 amide bonds. The van der Waals surface area contributed by atoms with Crippen LogP contribution in [0.25, 0.3) is 0 Å². The van der Waals surface area contributed by atoms with E-state index in [1.165, 1.54) is 19.3 Å². The van der Waals surface area contributed by atoms with Gasteiger partial charge in [-0.25, -0.2) is 0 Å². The van der Waals surface area contributed by atoms with Gasteiger partial charge in [0, 0.05) is 11.9 Å². The Kier molecular flexibility index (Phi) is 3.26. The minimum Gasteiger partial charge on any atom is -0.365 e. The fourth-order valence-electron chi connectivity index (χ4n) is 1.54. The first kappa shape index (κ1) is 9.40. The Morgan fingerprint density at radius 3 is 2.91 bits per heavy atom. The molecule has 11 heavy (non-hydrogen) atoms. The fourth-order valence-corrected chi connectivity index (χ4v) is 3.08. The van der Waals surface area contributed by atoms with Crippen molar-refractivity contribution in [3.05, 3.63) is 0 Å². The van der Waals surface area contributed by atoms with E-state index < -0.39 is 0 Å². The highest BCUT2D eigenvalue weighted by molar-refractivity contribution is 8.01. The van der Waals surface area contributed by atoms with E-state index in [4.69, 9.17) is 4.74 Å². The summed E-state index contributed by atoms with van der Waals surface area (Å²) in [6.45, 7) is 7.68. The summed E-state index contributed by atoms with van der Waals surface area (Å²) in [6, 6.07) is 0. The Balaban J connectivity index is 2.41. The molecule has 0 aromatic rings. The molecule has 2 unspecified atom stereocenters. The van der Waals surface area contributed by atoms with Crippen LogP contribution >= 0.6 is 11.8 Å². The minimum atomic E-state index is 0.117. The first-order chi connectivity index (χ1) is 5.16. The zero-order valence-electron chi connectivity index (χ0n) is 7.72. The van der Waals surface area contributed by atoms with Gasteiger partial charge in [-0.2, -0.15) is 0 Å². The molecule has 2 heteroatoms. The molecule has 1 heterocycles. The molecule has 0 aliphatic carbocycles. The third kappa shape index (κ3) is 2.68. The molecule has 2 atom stereocenters. The van der Waals surface area contributed by atoms with Gasteiger partial charge in [0.1, 0.15) is 4.93 Å². The molecule has 1 aliphatic heterocycles.